The molecule has 0 saturated heterocycles. The quantitative estimate of drug-likeness (QED) is 0.646. The van der Waals surface area contributed by atoms with E-state index in [-0.39, 0.29) is 12.5 Å². The Bertz CT molecular complexity index is 696. The van der Waals surface area contributed by atoms with Crippen LogP contribution in [-0.4, -0.2) is 18.2 Å². The zero-order chi connectivity index (χ0) is 16.7. The standard InChI is InChI=1S/C18H19ClN2O2/c1-3-14-7-9-15(10-8-14)13(2)20-21-18(22)12-23-17-6-4-5-16(19)11-17/h4-11H,3,12H2,1-2H3,(H,21,22)/b20-13+. The molecule has 0 atom stereocenters. The first kappa shape index (κ1) is 17.0. The molecule has 0 saturated carbocycles. The molecule has 1 amide bonds. The number of aryl methyl sites for hydroxylation is 1. The molecule has 2 aromatic rings. The average molecular weight is 331 g/mol. The lowest BCUT2D eigenvalue weighted by molar-refractivity contribution is -0.123. The van der Waals surface area contributed by atoms with Crippen molar-refractivity contribution in [3.8, 4) is 5.75 Å². The van der Waals surface area contributed by atoms with Crippen LogP contribution in [-0.2, 0) is 11.2 Å². The second-order valence-electron chi connectivity index (χ2n) is 5.03. The molecule has 120 valence electrons. The van der Waals surface area contributed by atoms with Gasteiger partial charge in [-0.25, -0.2) is 5.43 Å². The fourth-order valence-electron chi connectivity index (χ4n) is 1.93. The van der Waals surface area contributed by atoms with Gasteiger partial charge in [-0.2, -0.15) is 5.10 Å². The number of ether oxygens (including phenoxy) is 1. The third kappa shape index (κ3) is 5.42. The van der Waals surface area contributed by atoms with Crippen molar-refractivity contribution in [3.05, 3.63) is 64.7 Å². The highest BCUT2D eigenvalue weighted by atomic mass is 35.5. The lowest BCUT2D eigenvalue weighted by Crippen LogP contribution is -2.25. The summed E-state index contributed by atoms with van der Waals surface area (Å²) in [7, 11) is 0. The van der Waals surface area contributed by atoms with Crippen molar-refractivity contribution >= 4 is 23.2 Å². The highest BCUT2D eigenvalue weighted by Crippen LogP contribution is 2.16. The van der Waals surface area contributed by atoms with Crippen molar-refractivity contribution < 1.29 is 9.53 Å². The van der Waals surface area contributed by atoms with Gasteiger partial charge in [-0.05, 0) is 42.7 Å². The van der Waals surface area contributed by atoms with Crippen LogP contribution in [0.5, 0.6) is 5.75 Å². The zero-order valence-electron chi connectivity index (χ0n) is 13.2. The van der Waals surface area contributed by atoms with Gasteiger partial charge >= 0.3 is 0 Å². The van der Waals surface area contributed by atoms with Gasteiger partial charge < -0.3 is 4.74 Å². The Morgan fingerprint density at radius 2 is 1.96 bits per heavy atom. The van der Waals surface area contributed by atoms with Crippen LogP contribution < -0.4 is 10.2 Å². The van der Waals surface area contributed by atoms with Crippen LogP contribution in [0, 0.1) is 0 Å². The van der Waals surface area contributed by atoms with E-state index in [4.69, 9.17) is 16.3 Å². The maximum Gasteiger partial charge on any atom is 0.277 e. The summed E-state index contributed by atoms with van der Waals surface area (Å²) in [6.45, 7) is 3.83. The third-order valence-corrected chi connectivity index (χ3v) is 3.53. The van der Waals surface area contributed by atoms with Crippen molar-refractivity contribution in [2.75, 3.05) is 6.61 Å². The van der Waals surface area contributed by atoms with Crippen molar-refractivity contribution in [2.45, 2.75) is 20.3 Å². The van der Waals surface area contributed by atoms with E-state index in [0.717, 1.165) is 17.7 Å². The third-order valence-electron chi connectivity index (χ3n) is 3.29. The molecule has 23 heavy (non-hydrogen) atoms. The van der Waals surface area contributed by atoms with Crippen LogP contribution >= 0.6 is 11.6 Å². The SMILES string of the molecule is CCc1ccc(/C(C)=N/NC(=O)COc2cccc(Cl)c2)cc1. The molecule has 5 heteroatoms. The molecule has 2 aromatic carbocycles. The fraction of sp³-hybridized carbons (Fsp3) is 0.222. The van der Waals surface area contributed by atoms with Gasteiger partial charge in [-0.1, -0.05) is 48.9 Å². The van der Waals surface area contributed by atoms with E-state index < -0.39 is 0 Å². The van der Waals surface area contributed by atoms with E-state index in [1.54, 1.807) is 24.3 Å². The minimum atomic E-state index is -0.325. The Morgan fingerprint density at radius 3 is 2.61 bits per heavy atom. The molecule has 0 heterocycles. The molecule has 0 aliphatic carbocycles. The van der Waals surface area contributed by atoms with E-state index in [9.17, 15) is 4.79 Å². The largest absolute Gasteiger partial charge is 0.484 e. The average Bonchev–Trinajstić information content (AvgIpc) is 2.58. The molecule has 2 rings (SSSR count). The number of amides is 1. The van der Waals surface area contributed by atoms with Gasteiger partial charge in [0.15, 0.2) is 6.61 Å². The second-order valence-corrected chi connectivity index (χ2v) is 5.47. The molecule has 0 radical (unpaired) electrons. The van der Waals surface area contributed by atoms with Crippen LogP contribution in [0.25, 0.3) is 0 Å². The van der Waals surface area contributed by atoms with Crippen molar-refractivity contribution in [2.24, 2.45) is 5.10 Å². The number of hydrazone groups is 1. The summed E-state index contributed by atoms with van der Waals surface area (Å²) in [6, 6.07) is 15.0. The molecule has 0 aliphatic rings. The van der Waals surface area contributed by atoms with E-state index >= 15 is 0 Å². The van der Waals surface area contributed by atoms with Gasteiger partial charge in [0.05, 0.1) is 5.71 Å². The minimum Gasteiger partial charge on any atom is -0.484 e. The normalized spacial score (nSPS) is 11.2. The Kier molecular flexibility index (Phi) is 6.18. The Morgan fingerprint density at radius 1 is 1.22 bits per heavy atom. The Balaban J connectivity index is 1.86. The van der Waals surface area contributed by atoms with Crippen LogP contribution in [0.2, 0.25) is 5.02 Å². The number of hydrogen-bond acceptors (Lipinski definition) is 3. The monoisotopic (exact) mass is 330 g/mol. The topological polar surface area (TPSA) is 50.7 Å². The number of hydrogen-bond donors (Lipinski definition) is 1. The highest BCUT2D eigenvalue weighted by Gasteiger charge is 2.03. The van der Waals surface area contributed by atoms with E-state index in [1.165, 1.54) is 5.56 Å². The van der Waals surface area contributed by atoms with E-state index in [0.29, 0.717) is 10.8 Å². The predicted octanol–water partition coefficient (Wildman–Crippen LogP) is 3.82. The molecule has 0 spiro atoms. The summed E-state index contributed by atoms with van der Waals surface area (Å²) in [5.41, 5.74) is 5.46. The minimum absolute atomic E-state index is 0.119. The number of halogens is 1. The van der Waals surface area contributed by atoms with Crippen LogP contribution in [0.1, 0.15) is 25.0 Å². The smallest absolute Gasteiger partial charge is 0.277 e. The van der Waals surface area contributed by atoms with Crippen molar-refractivity contribution in [1.82, 2.24) is 5.43 Å². The first-order valence-electron chi connectivity index (χ1n) is 7.39. The number of benzene rings is 2. The lowest BCUT2D eigenvalue weighted by atomic mass is 10.1. The van der Waals surface area contributed by atoms with Crippen LogP contribution in [0.15, 0.2) is 53.6 Å². The van der Waals surface area contributed by atoms with Gasteiger partial charge in [0.25, 0.3) is 5.91 Å². The predicted molar refractivity (Wildman–Crippen MR) is 93.1 cm³/mol. The summed E-state index contributed by atoms with van der Waals surface area (Å²) < 4.78 is 5.35. The van der Waals surface area contributed by atoms with Gasteiger partial charge in [0.2, 0.25) is 0 Å². The van der Waals surface area contributed by atoms with E-state index in [2.05, 4.69) is 29.6 Å². The molecule has 1 N–H and O–H groups in total. The van der Waals surface area contributed by atoms with Crippen molar-refractivity contribution in [1.29, 1.82) is 0 Å². The molecule has 0 aliphatic heterocycles. The first-order chi connectivity index (χ1) is 11.1. The number of nitrogens with zero attached hydrogens (tertiary/aromatic N) is 1. The van der Waals surface area contributed by atoms with E-state index in [1.807, 2.05) is 19.1 Å². The summed E-state index contributed by atoms with van der Waals surface area (Å²) >= 11 is 5.85. The molecule has 0 unspecified atom stereocenters. The summed E-state index contributed by atoms with van der Waals surface area (Å²) in [6.07, 6.45) is 0.994. The molecular weight excluding hydrogens is 312 g/mol. The number of carbonyl (C=O) groups is 1. The Labute approximate surface area is 141 Å². The summed E-state index contributed by atoms with van der Waals surface area (Å²) in [4.78, 5) is 11.8. The summed E-state index contributed by atoms with van der Waals surface area (Å²) in [5.74, 6) is 0.220. The lowest BCUT2D eigenvalue weighted by Gasteiger charge is -2.06. The van der Waals surface area contributed by atoms with Crippen LogP contribution in [0.4, 0.5) is 0 Å². The van der Waals surface area contributed by atoms with Gasteiger partial charge in [0.1, 0.15) is 5.75 Å². The second kappa shape index (κ2) is 8.34. The van der Waals surface area contributed by atoms with Gasteiger partial charge in [-0.3, -0.25) is 4.79 Å². The number of carbonyl (C=O) groups excluding carboxylic acids is 1. The molecule has 0 bridgehead atoms. The molecule has 4 nitrogen and oxygen atoms in total. The molecule has 0 aromatic heterocycles. The maximum atomic E-state index is 11.8. The number of rotatable bonds is 6. The van der Waals surface area contributed by atoms with Crippen molar-refractivity contribution in [3.63, 3.8) is 0 Å². The molecular formula is C18H19ClN2O2. The summed E-state index contributed by atoms with van der Waals surface area (Å²) in [5, 5.41) is 4.65. The number of nitrogens with one attached hydrogen (secondary N) is 1. The Hall–Kier alpha value is -2.33. The zero-order valence-corrected chi connectivity index (χ0v) is 13.9. The molecule has 0 fully saturated rings. The fourth-order valence-corrected chi connectivity index (χ4v) is 2.11. The maximum absolute atomic E-state index is 11.8. The van der Waals surface area contributed by atoms with Gasteiger partial charge in [0, 0.05) is 5.02 Å². The first-order valence-corrected chi connectivity index (χ1v) is 7.77. The van der Waals surface area contributed by atoms with Gasteiger partial charge in [-0.15, -0.1) is 0 Å². The van der Waals surface area contributed by atoms with Crippen LogP contribution in [0.3, 0.4) is 0 Å². The highest BCUT2D eigenvalue weighted by molar-refractivity contribution is 6.30.